The first-order valence-corrected chi connectivity index (χ1v) is 18.4. The van der Waals surface area contributed by atoms with Crippen LogP contribution in [0.15, 0.2) is 146 Å². The van der Waals surface area contributed by atoms with Crippen LogP contribution in [0.1, 0.15) is 67.3 Å². The lowest BCUT2D eigenvalue weighted by Gasteiger charge is -2.10. The number of H-pyrrole nitrogens is 4. The van der Waals surface area contributed by atoms with Crippen molar-refractivity contribution in [2.75, 3.05) is 0 Å². The molecule has 4 aromatic carbocycles. The molecule has 270 valence electrons. The van der Waals surface area contributed by atoms with Crippen molar-refractivity contribution in [3.05, 3.63) is 234 Å². The van der Waals surface area contributed by atoms with E-state index in [0.717, 1.165) is 105 Å². The van der Waals surface area contributed by atoms with Crippen LogP contribution in [0.5, 0.6) is 0 Å². The predicted octanol–water partition coefficient (Wildman–Crippen LogP) is 5.09. The topological polar surface area (TPSA) is 124 Å². The summed E-state index contributed by atoms with van der Waals surface area (Å²) in [7, 11) is 0. The quantitative estimate of drug-likeness (QED) is 0.124. The van der Waals surface area contributed by atoms with E-state index in [4.69, 9.17) is 0 Å². The zero-order valence-corrected chi connectivity index (χ0v) is 30.3. The number of aliphatic hydroxyl groups is 3. The Morgan fingerprint density at radius 2 is 0.564 bits per heavy atom. The average molecular weight is 721 g/mol. The van der Waals surface area contributed by atoms with Gasteiger partial charge in [0.05, 0.1) is 19.8 Å². The number of hydrogen-bond donors (Lipinski definition) is 7. The van der Waals surface area contributed by atoms with Crippen molar-refractivity contribution in [1.29, 1.82) is 0 Å². The van der Waals surface area contributed by atoms with E-state index in [1.807, 2.05) is 48.5 Å². The molecule has 0 fully saturated rings. The molecular formula is C48H40N4O3. The molecule has 0 saturated carbocycles. The Labute approximate surface area is 317 Å². The van der Waals surface area contributed by atoms with Crippen LogP contribution < -0.4 is 21.4 Å². The number of nitrogens with one attached hydrogen (secondary N) is 4. The highest BCUT2D eigenvalue weighted by molar-refractivity contribution is 5.84. The summed E-state index contributed by atoms with van der Waals surface area (Å²) in [5.41, 5.74) is 15.5. The van der Waals surface area contributed by atoms with Gasteiger partial charge in [-0.15, -0.1) is 0 Å². The van der Waals surface area contributed by atoms with Gasteiger partial charge in [-0.25, -0.2) is 0 Å². The van der Waals surface area contributed by atoms with Gasteiger partial charge in [-0.2, -0.15) is 0 Å². The highest BCUT2D eigenvalue weighted by Crippen LogP contribution is 2.28. The Kier molecular flexibility index (Phi) is 8.88. The predicted molar refractivity (Wildman–Crippen MR) is 216 cm³/mol. The standard InChI is InChI=1S/C48H40N4O3/c1-29-2-10-33(11-3-29)45-37-18-20-39(49-37)46(34-12-4-30(26-53)5-13-34)41-22-24-43(51-41)48(36-16-8-32(28-55)9-17-36)44-25-23-42(52-44)47(40-21-19-38(45)50-40)35-14-6-31(27-54)7-15-35/h2-25,49-55H,26-28H2,1H3. The zero-order chi connectivity index (χ0) is 37.5. The van der Waals surface area contributed by atoms with Gasteiger partial charge in [-0.1, -0.05) is 103 Å². The summed E-state index contributed by atoms with van der Waals surface area (Å²) >= 11 is 0. The molecule has 7 nitrogen and oxygen atoms in total. The van der Waals surface area contributed by atoms with Gasteiger partial charge < -0.3 is 35.3 Å². The lowest BCUT2D eigenvalue weighted by atomic mass is 10.0. The Bertz CT molecular complexity index is 2900. The molecule has 0 unspecified atom stereocenters. The molecule has 5 heterocycles. The molecule has 4 aromatic heterocycles. The van der Waals surface area contributed by atoms with Crippen molar-refractivity contribution in [3.63, 3.8) is 0 Å². The van der Waals surface area contributed by atoms with E-state index in [2.05, 4.69) is 124 Å². The molecule has 55 heavy (non-hydrogen) atoms. The van der Waals surface area contributed by atoms with Crippen LogP contribution in [0.4, 0.5) is 0 Å². The molecule has 0 saturated heterocycles. The summed E-state index contributed by atoms with van der Waals surface area (Å²) in [4.78, 5) is 15.2. The normalized spacial score (nSPS) is 12.8. The number of aliphatic hydroxyl groups excluding tert-OH is 3. The highest BCUT2D eigenvalue weighted by atomic mass is 16.3. The molecule has 0 atom stereocenters. The summed E-state index contributed by atoms with van der Waals surface area (Å²) in [6.07, 6.45) is 0. The monoisotopic (exact) mass is 720 g/mol. The smallest absolute Gasteiger partial charge is 0.0681 e. The summed E-state index contributed by atoms with van der Waals surface area (Å²) in [5.74, 6) is 0. The van der Waals surface area contributed by atoms with Crippen molar-refractivity contribution in [2.24, 2.45) is 0 Å². The molecule has 8 bridgehead atoms. The Morgan fingerprint density at radius 1 is 0.309 bits per heavy atom. The van der Waals surface area contributed by atoms with E-state index in [1.165, 1.54) is 5.56 Å². The second-order valence-electron chi connectivity index (χ2n) is 14.1. The van der Waals surface area contributed by atoms with Crippen LogP contribution in [-0.2, 0) is 19.8 Å². The summed E-state index contributed by atoms with van der Waals surface area (Å²) in [6, 6.07) is 49.8. The molecular weight excluding hydrogens is 681 g/mol. The fourth-order valence-corrected chi connectivity index (χ4v) is 7.62. The number of aromatic nitrogens is 4. The van der Waals surface area contributed by atoms with E-state index in [-0.39, 0.29) is 19.8 Å². The average Bonchev–Trinajstić information content (AvgIpc) is 4.07. The van der Waals surface area contributed by atoms with Crippen LogP contribution in [-0.4, -0.2) is 35.3 Å². The number of aryl methyl sites for hydroxylation is 1. The molecule has 0 aliphatic carbocycles. The fourth-order valence-electron chi connectivity index (χ4n) is 7.62. The minimum Gasteiger partial charge on any atom is -0.392 e. The van der Waals surface area contributed by atoms with Crippen molar-refractivity contribution in [3.8, 4) is 0 Å². The van der Waals surface area contributed by atoms with Gasteiger partial charge in [0.25, 0.3) is 0 Å². The SMILES string of the molecule is Cc1ccc(C2=c3ccc([nH]3)=C(c3ccc(CO)cc3)c3ccc([nH]3)C(c3ccc(CO)cc3)=c3ccc([nH]3)=C(c3ccc(CO)cc3)c3ccc2[nH]3)cc1. The van der Waals surface area contributed by atoms with Gasteiger partial charge in [0.1, 0.15) is 0 Å². The Balaban J connectivity index is 1.40. The third-order valence-corrected chi connectivity index (χ3v) is 10.5. The highest BCUT2D eigenvalue weighted by Gasteiger charge is 2.18. The van der Waals surface area contributed by atoms with Gasteiger partial charge in [-0.05, 0) is 94.4 Å². The first-order valence-electron chi connectivity index (χ1n) is 18.4. The first-order chi connectivity index (χ1) is 27.0. The maximum Gasteiger partial charge on any atom is 0.0681 e. The van der Waals surface area contributed by atoms with Gasteiger partial charge in [0, 0.05) is 66.5 Å². The van der Waals surface area contributed by atoms with E-state index in [9.17, 15) is 15.3 Å². The number of fused-ring (bicyclic) bond motifs is 8. The van der Waals surface area contributed by atoms with Gasteiger partial charge in [0.2, 0.25) is 0 Å². The lowest BCUT2D eigenvalue weighted by Crippen LogP contribution is -2.19. The van der Waals surface area contributed by atoms with Crippen LogP contribution in [0.3, 0.4) is 0 Å². The van der Waals surface area contributed by atoms with Crippen LogP contribution in [0.25, 0.3) is 22.3 Å². The van der Waals surface area contributed by atoms with Crippen LogP contribution in [0, 0.1) is 6.92 Å². The van der Waals surface area contributed by atoms with Crippen molar-refractivity contribution in [1.82, 2.24) is 19.9 Å². The zero-order valence-electron chi connectivity index (χ0n) is 30.3. The minimum atomic E-state index is -0.0327. The lowest BCUT2D eigenvalue weighted by molar-refractivity contribution is 0.281. The van der Waals surface area contributed by atoms with E-state index in [0.29, 0.717) is 0 Å². The van der Waals surface area contributed by atoms with E-state index >= 15 is 0 Å². The summed E-state index contributed by atoms with van der Waals surface area (Å²) in [5, 5.41) is 33.3. The Morgan fingerprint density at radius 3 is 0.818 bits per heavy atom. The fraction of sp³-hybridized carbons (Fsp3) is 0.0833. The van der Waals surface area contributed by atoms with Gasteiger partial charge in [-0.3, -0.25) is 0 Å². The van der Waals surface area contributed by atoms with E-state index in [1.54, 1.807) is 0 Å². The maximum atomic E-state index is 9.85. The van der Waals surface area contributed by atoms with Crippen molar-refractivity contribution < 1.29 is 15.3 Å². The number of aromatic amines is 4. The summed E-state index contributed by atoms with van der Waals surface area (Å²) < 4.78 is 0. The molecule has 7 N–H and O–H groups in total. The van der Waals surface area contributed by atoms with Crippen molar-refractivity contribution >= 4 is 22.3 Å². The molecule has 7 heteroatoms. The van der Waals surface area contributed by atoms with Gasteiger partial charge >= 0.3 is 0 Å². The molecule has 9 rings (SSSR count). The molecule has 1 aliphatic heterocycles. The van der Waals surface area contributed by atoms with Gasteiger partial charge in [0.15, 0.2) is 0 Å². The number of hydrogen-bond acceptors (Lipinski definition) is 3. The second kappa shape index (κ2) is 14.3. The largest absolute Gasteiger partial charge is 0.392 e. The van der Waals surface area contributed by atoms with Crippen LogP contribution >= 0.6 is 0 Å². The summed E-state index contributed by atoms with van der Waals surface area (Å²) in [6.45, 7) is 2.01. The molecule has 0 radical (unpaired) electrons. The number of benzene rings is 4. The maximum absolute atomic E-state index is 9.85. The third kappa shape index (κ3) is 6.40. The second-order valence-corrected chi connectivity index (χ2v) is 14.1. The van der Waals surface area contributed by atoms with Crippen LogP contribution in [0.2, 0.25) is 0 Å². The third-order valence-electron chi connectivity index (χ3n) is 10.5. The first kappa shape index (κ1) is 34.1. The molecule has 8 aromatic rings. The van der Waals surface area contributed by atoms with E-state index < -0.39 is 0 Å². The molecule has 1 aliphatic rings. The Hall–Kier alpha value is -6.64. The minimum absolute atomic E-state index is 0.0272. The molecule has 0 amide bonds. The molecule has 0 spiro atoms. The number of rotatable bonds is 7. The van der Waals surface area contributed by atoms with Crippen molar-refractivity contribution in [2.45, 2.75) is 26.7 Å².